The zero-order valence-corrected chi connectivity index (χ0v) is 14.8. The van der Waals surface area contributed by atoms with Crippen LogP contribution in [-0.2, 0) is 11.3 Å². The van der Waals surface area contributed by atoms with Crippen molar-refractivity contribution in [3.05, 3.63) is 71.5 Å². The second-order valence-corrected chi connectivity index (χ2v) is 6.56. The molecule has 7 heteroatoms. The number of aromatic nitrogens is 3. The van der Waals surface area contributed by atoms with E-state index in [1.54, 1.807) is 18.5 Å². The highest BCUT2D eigenvalue weighted by molar-refractivity contribution is 7.99. The number of benzene rings is 1. The second kappa shape index (κ2) is 8.60. The summed E-state index contributed by atoms with van der Waals surface area (Å²) in [6.45, 7) is 0.407. The Balaban J connectivity index is 1.50. The van der Waals surface area contributed by atoms with Gasteiger partial charge in [-0.2, -0.15) is 0 Å². The van der Waals surface area contributed by atoms with Crippen molar-refractivity contribution in [3.63, 3.8) is 0 Å². The number of nitrogens with one attached hydrogen (secondary N) is 1. The topological polar surface area (TPSA) is 67.8 Å². The standard InChI is InChI=1S/C18H15ClN4OS/c19-15-6-2-1-4-13(15)11-21-17(24)12-25-18-8-7-16(22-23-18)14-5-3-9-20-10-14/h1-10H,11-12H2,(H,21,24). The maximum atomic E-state index is 12.0. The van der Waals surface area contributed by atoms with Crippen LogP contribution in [0.25, 0.3) is 11.3 Å². The number of carbonyl (C=O) groups is 1. The largest absolute Gasteiger partial charge is 0.351 e. The first-order chi connectivity index (χ1) is 12.2. The van der Waals surface area contributed by atoms with Crippen molar-refractivity contribution < 1.29 is 4.79 Å². The SMILES string of the molecule is O=C(CSc1ccc(-c2cccnc2)nn1)NCc1ccccc1Cl. The summed E-state index contributed by atoms with van der Waals surface area (Å²) in [5.74, 6) is 0.189. The van der Waals surface area contributed by atoms with Crippen LogP contribution in [-0.4, -0.2) is 26.8 Å². The molecule has 1 amide bonds. The Morgan fingerprint density at radius 3 is 2.68 bits per heavy atom. The summed E-state index contributed by atoms with van der Waals surface area (Å²) < 4.78 is 0. The van der Waals surface area contributed by atoms with Gasteiger partial charge < -0.3 is 5.32 Å². The van der Waals surface area contributed by atoms with Gasteiger partial charge in [0.25, 0.3) is 0 Å². The highest BCUT2D eigenvalue weighted by Crippen LogP contribution is 2.19. The number of nitrogens with zero attached hydrogens (tertiary/aromatic N) is 3. The number of carbonyl (C=O) groups excluding carboxylic acids is 1. The molecule has 1 N–H and O–H groups in total. The number of hydrogen-bond donors (Lipinski definition) is 1. The van der Waals surface area contributed by atoms with E-state index in [0.717, 1.165) is 16.8 Å². The van der Waals surface area contributed by atoms with E-state index < -0.39 is 0 Å². The molecule has 0 atom stereocenters. The average molecular weight is 371 g/mol. The van der Waals surface area contributed by atoms with Gasteiger partial charge in [0.2, 0.25) is 5.91 Å². The van der Waals surface area contributed by atoms with Crippen molar-refractivity contribution >= 4 is 29.3 Å². The van der Waals surface area contributed by atoms with E-state index in [2.05, 4.69) is 20.5 Å². The van der Waals surface area contributed by atoms with Crippen LogP contribution in [0.15, 0.2) is 66.0 Å². The van der Waals surface area contributed by atoms with Gasteiger partial charge in [-0.3, -0.25) is 9.78 Å². The Hall–Kier alpha value is -2.44. The van der Waals surface area contributed by atoms with Gasteiger partial charge in [0, 0.05) is 29.5 Å². The highest BCUT2D eigenvalue weighted by atomic mass is 35.5. The average Bonchev–Trinajstić information content (AvgIpc) is 2.67. The highest BCUT2D eigenvalue weighted by Gasteiger charge is 2.07. The van der Waals surface area contributed by atoms with Gasteiger partial charge in [0.05, 0.1) is 11.4 Å². The summed E-state index contributed by atoms with van der Waals surface area (Å²) >= 11 is 7.40. The monoisotopic (exact) mass is 370 g/mol. The normalized spacial score (nSPS) is 10.4. The molecule has 3 rings (SSSR count). The van der Waals surface area contributed by atoms with E-state index >= 15 is 0 Å². The lowest BCUT2D eigenvalue weighted by Crippen LogP contribution is -2.24. The van der Waals surface area contributed by atoms with E-state index in [0.29, 0.717) is 16.6 Å². The van der Waals surface area contributed by atoms with Crippen molar-refractivity contribution in [1.29, 1.82) is 0 Å². The number of hydrogen-bond acceptors (Lipinski definition) is 5. The Bertz CT molecular complexity index is 843. The number of thioether (sulfide) groups is 1. The molecule has 0 aliphatic carbocycles. The van der Waals surface area contributed by atoms with E-state index in [1.807, 2.05) is 42.5 Å². The third-order valence-corrected chi connectivity index (χ3v) is 4.67. The molecule has 3 aromatic rings. The molecule has 126 valence electrons. The van der Waals surface area contributed by atoms with E-state index in [1.165, 1.54) is 11.8 Å². The van der Waals surface area contributed by atoms with Crippen LogP contribution in [0, 0.1) is 0 Å². The maximum Gasteiger partial charge on any atom is 0.230 e. The second-order valence-electron chi connectivity index (χ2n) is 5.16. The molecule has 0 saturated heterocycles. The molecular formula is C18H15ClN4OS. The minimum Gasteiger partial charge on any atom is -0.351 e. The van der Waals surface area contributed by atoms with Crippen LogP contribution in [0.2, 0.25) is 5.02 Å². The van der Waals surface area contributed by atoms with Gasteiger partial charge in [0.1, 0.15) is 5.03 Å². The first-order valence-electron chi connectivity index (χ1n) is 7.59. The molecule has 0 radical (unpaired) electrons. The molecule has 0 saturated carbocycles. The maximum absolute atomic E-state index is 12.0. The molecule has 0 unspecified atom stereocenters. The zero-order chi connectivity index (χ0) is 17.5. The number of amides is 1. The summed E-state index contributed by atoms with van der Waals surface area (Å²) in [6, 6.07) is 14.9. The first-order valence-corrected chi connectivity index (χ1v) is 8.96. The Morgan fingerprint density at radius 2 is 1.96 bits per heavy atom. The van der Waals surface area contributed by atoms with Crippen LogP contribution in [0.1, 0.15) is 5.56 Å². The van der Waals surface area contributed by atoms with Gasteiger partial charge in [-0.05, 0) is 35.9 Å². The molecular weight excluding hydrogens is 356 g/mol. The third kappa shape index (κ3) is 5.01. The molecule has 0 fully saturated rings. The van der Waals surface area contributed by atoms with Gasteiger partial charge in [-0.25, -0.2) is 0 Å². The lowest BCUT2D eigenvalue weighted by Gasteiger charge is -2.06. The fourth-order valence-electron chi connectivity index (χ4n) is 2.09. The van der Waals surface area contributed by atoms with Crippen LogP contribution in [0.5, 0.6) is 0 Å². The quantitative estimate of drug-likeness (QED) is 0.671. The molecule has 25 heavy (non-hydrogen) atoms. The molecule has 2 heterocycles. The predicted molar refractivity (Wildman–Crippen MR) is 99.3 cm³/mol. The van der Waals surface area contributed by atoms with E-state index in [-0.39, 0.29) is 11.7 Å². The summed E-state index contributed by atoms with van der Waals surface area (Å²) in [4.78, 5) is 16.0. The summed E-state index contributed by atoms with van der Waals surface area (Å²) in [5, 5.41) is 12.5. The molecule has 0 aliphatic rings. The fourth-order valence-corrected chi connectivity index (χ4v) is 2.94. The molecule has 0 bridgehead atoms. The summed E-state index contributed by atoms with van der Waals surface area (Å²) in [6.07, 6.45) is 3.45. The van der Waals surface area contributed by atoms with Crippen molar-refractivity contribution in [2.24, 2.45) is 0 Å². The van der Waals surface area contributed by atoms with Gasteiger partial charge >= 0.3 is 0 Å². The predicted octanol–water partition coefficient (Wildman–Crippen LogP) is 3.60. The minimum absolute atomic E-state index is 0.0805. The van der Waals surface area contributed by atoms with Crippen molar-refractivity contribution in [3.8, 4) is 11.3 Å². The Labute approximate surface area is 154 Å². The number of halogens is 1. The fraction of sp³-hybridized carbons (Fsp3) is 0.111. The third-order valence-electron chi connectivity index (χ3n) is 3.38. The van der Waals surface area contributed by atoms with E-state index in [9.17, 15) is 4.79 Å². The molecule has 0 spiro atoms. The van der Waals surface area contributed by atoms with Gasteiger partial charge in [0.15, 0.2) is 0 Å². The molecule has 2 aromatic heterocycles. The lowest BCUT2D eigenvalue weighted by molar-refractivity contribution is -0.118. The van der Waals surface area contributed by atoms with Gasteiger partial charge in [-0.1, -0.05) is 41.6 Å². The molecule has 1 aromatic carbocycles. The molecule has 5 nitrogen and oxygen atoms in total. The zero-order valence-electron chi connectivity index (χ0n) is 13.2. The van der Waals surface area contributed by atoms with Crippen LogP contribution in [0.3, 0.4) is 0 Å². The van der Waals surface area contributed by atoms with Crippen molar-refractivity contribution in [1.82, 2.24) is 20.5 Å². The lowest BCUT2D eigenvalue weighted by atomic mass is 10.2. The summed E-state index contributed by atoms with van der Waals surface area (Å²) in [5.41, 5.74) is 2.55. The first kappa shape index (κ1) is 17.4. The number of pyridine rings is 1. The van der Waals surface area contributed by atoms with Crippen LogP contribution >= 0.6 is 23.4 Å². The van der Waals surface area contributed by atoms with Crippen molar-refractivity contribution in [2.75, 3.05) is 5.75 Å². The number of rotatable bonds is 6. The van der Waals surface area contributed by atoms with Crippen LogP contribution in [0.4, 0.5) is 0 Å². The van der Waals surface area contributed by atoms with Crippen molar-refractivity contribution in [2.45, 2.75) is 11.6 Å². The van der Waals surface area contributed by atoms with Gasteiger partial charge in [-0.15, -0.1) is 10.2 Å². The van der Waals surface area contributed by atoms with E-state index in [4.69, 9.17) is 11.6 Å². The molecule has 0 aliphatic heterocycles. The van der Waals surface area contributed by atoms with Crippen LogP contribution < -0.4 is 5.32 Å². The Morgan fingerprint density at radius 1 is 1.08 bits per heavy atom. The Kier molecular flexibility index (Phi) is 5.98. The minimum atomic E-state index is -0.0805. The summed E-state index contributed by atoms with van der Waals surface area (Å²) in [7, 11) is 0. The smallest absolute Gasteiger partial charge is 0.230 e.